The number of aromatic nitrogens is 1. The molecule has 28 heavy (non-hydrogen) atoms. The number of sulfonamides is 1. The van der Waals surface area contributed by atoms with Crippen LogP contribution in [0.5, 0.6) is 0 Å². The molecule has 1 aliphatic rings. The van der Waals surface area contributed by atoms with Gasteiger partial charge in [-0.05, 0) is 44.0 Å². The van der Waals surface area contributed by atoms with Gasteiger partial charge in [-0.3, -0.25) is 4.79 Å². The molecule has 8 heteroatoms. The fraction of sp³-hybridized carbons (Fsp3) is 0.300. The largest absolute Gasteiger partial charge is 0.356 e. The molecule has 2 aromatic carbocycles. The third-order valence-electron chi connectivity index (χ3n) is 4.88. The highest BCUT2D eigenvalue weighted by atomic mass is 32.2. The van der Waals surface area contributed by atoms with Crippen molar-refractivity contribution in [3.63, 3.8) is 0 Å². The summed E-state index contributed by atoms with van der Waals surface area (Å²) in [5.74, 6) is -0.568. The Morgan fingerprint density at radius 1 is 1.18 bits per heavy atom. The Morgan fingerprint density at radius 3 is 2.71 bits per heavy atom. The zero-order chi connectivity index (χ0) is 19.7. The molecule has 1 fully saturated rings. The molecule has 7 nitrogen and oxygen atoms in total. The van der Waals surface area contributed by atoms with Crippen LogP contribution in [0.1, 0.15) is 24.1 Å². The van der Waals surface area contributed by atoms with Gasteiger partial charge in [-0.25, -0.2) is 13.1 Å². The average molecular weight is 399 g/mol. The molecular weight excluding hydrogens is 378 g/mol. The molecule has 3 aromatic rings. The van der Waals surface area contributed by atoms with Crippen LogP contribution in [0.25, 0.3) is 11.0 Å². The zero-order valence-electron chi connectivity index (χ0n) is 15.5. The quantitative estimate of drug-likeness (QED) is 0.712. The summed E-state index contributed by atoms with van der Waals surface area (Å²) in [6.07, 6.45) is 1.19. The van der Waals surface area contributed by atoms with E-state index in [1.54, 1.807) is 29.2 Å². The summed E-state index contributed by atoms with van der Waals surface area (Å²) >= 11 is 0. The number of nitrogens with zero attached hydrogens (tertiary/aromatic N) is 2. The van der Waals surface area contributed by atoms with Gasteiger partial charge in [0.1, 0.15) is 17.5 Å². The second-order valence-corrected chi connectivity index (χ2v) is 8.78. The Balaban J connectivity index is 1.50. The zero-order valence-corrected chi connectivity index (χ0v) is 16.3. The topological polar surface area (TPSA) is 92.5 Å². The van der Waals surface area contributed by atoms with Crippen molar-refractivity contribution in [1.29, 1.82) is 0 Å². The van der Waals surface area contributed by atoms with Gasteiger partial charge < -0.3 is 9.42 Å². The third-order valence-corrected chi connectivity index (χ3v) is 6.18. The maximum absolute atomic E-state index is 12.9. The van der Waals surface area contributed by atoms with Crippen molar-refractivity contribution in [2.75, 3.05) is 11.4 Å². The lowest BCUT2D eigenvalue weighted by atomic mass is 10.0. The lowest BCUT2D eigenvalue weighted by molar-refractivity contribution is -0.121. The number of para-hydroxylation sites is 1. The van der Waals surface area contributed by atoms with Gasteiger partial charge >= 0.3 is 0 Å². The SMILES string of the molecule is Cc1ccc(N2CCC[C@@H](NS(=O)(=O)Cc3noc4ccccc34)C2=O)cc1. The summed E-state index contributed by atoms with van der Waals surface area (Å²) in [4.78, 5) is 14.5. The van der Waals surface area contributed by atoms with Crippen LogP contribution in [0.3, 0.4) is 0 Å². The van der Waals surface area contributed by atoms with E-state index in [-0.39, 0.29) is 11.7 Å². The van der Waals surface area contributed by atoms with E-state index in [1.165, 1.54) is 0 Å². The summed E-state index contributed by atoms with van der Waals surface area (Å²) in [5.41, 5.74) is 2.75. The standard InChI is InChI=1S/C20H21N3O4S/c1-14-8-10-15(11-9-14)23-12-4-6-17(20(23)24)22-28(25,26)13-18-16-5-2-3-7-19(16)27-21-18/h2-3,5,7-11,17,22H,4,6,12-13H2,1H3/t17-/m1/s1. The molecule has 2 heterocycles. The first kappa shape index (κ1) is 18.6. The smallest absolute Gasteiger partial charge is 0.245 e. The molecule has 1 amide bonds. The number of carbonyl (C=O) groups excluding carboxylic acids is 1. The lowest BCUT2D eigenvalue weighted by Gasteiger charge is -2.32. The van der Waals surface area contributed by atoms with Crippen molar-refractivity contribution in [1.82, 2.24) is 9.88 Å². The first-order valence-electron chi connectivity index (χ1n) is 9.14. The van der Waals surface area contributed by atoms with Crippen LogP contribution in [0.4, 0.5) is 5.69 Å². The van der Waals surface area contributed by atoms with Crippen LogP contribution in [0.15, 0.2) is 53.1 Å². The molecule has 146 valence electrons. The molecular formula is C20H21N3O4S. The molecule has 0 unspecified atom stereocenters. The molecule has 0 bridgehead atoms. The summed E-state index contributed by atoms with van der Waals surface area (Å²) in [6, 6.07) is 13.9. The van der Waals surface area contributed by atoms with E-state index in [1.807, 2.05) is 31.2 Å². The summed E-state index contributed by atoms with van der Waals surface area (Å²) in [6.45, 7) is 2.56. The van der Waals surface area contributed by atoms with E-state index in [2.05, 4.69) is 9.88 Å². The number of benzene rings is 2. The highest BCUT2D eigenvalue weighted by molar-refractivity contribution is 7.88. The van der Waals surface area contributed by atoms with Crippen molar-refractivity contribution in [2.24, 2.45) is 0 Å². The number of piperidine rings is 1. The van der Waals surface area contributed by atoms with Gasteiger partial charge in [-0.2, -0.15) is 0 Å². The van der Waals surface area contributed by atoms with Crippen LogP contribution >= 0.6 is 0 Å². The molecule has 0 radical (unpaired) electrons. The number of hydrogen-bond acceptors (Lipinski definition) is 5. The Bertz CT molecular complexity index is 1110. The first-order valence-corrected chi connectivity index (χ1v) is 10.8. The Hall–Kier alpha value is -2.71. The van der Waals surface area contributed by atoms with Crippen LogP contribution in [-0.2, 0) is 20.6 Å². The van der Waals surface area contributed by atoms with Crippen molar-refractivity contribution in [2.45, 2.75) is 31.6 Å². The molecule has 0 saturated carbocycles. The first-order chi connectivity index (χ1) is 13.4. The molecule has 1 N–H and O–H groups in total. The van der Waals surface area contributed by atoms with Crippen LogP contribution < -0.4 is 9.62 Å². The van der Waals surface area contributed by atoms with Gasteiger partial charge in [-0.15, -0.1) is 0 Å². The van der Waals surface area contributed by atoms with Crippen molar-refractivity contribution >= 4 is 32.6 Å². The van der Waals surface area contributed by atoms with Gasteiger partial charge in [0.25, 0.3) is 0 Å². The van der Waals surface area contributed by atoms with Crippen LogP contribution in [-0.4, -0.2) is 32.1 Å². The second-order valence-electron chi connectivity index (χ2n) is 7.02. The second kappa shape index (κ2) is 7.37. The van der Waals surface area contributed by atoms with Gasteiger partial charge in [0.15, 0.2) is 5.58 Å². The highest BCUT2D eigenvalue weighted by Gasteiger charge is 2.33. The average Bonchev–Trinajstić information content (AvgIpc) is 3.07. The maximum atomic E-state index is 12.9. The van der Waals surface area contributed by atoms with E-state index in [0.29, 0.717) is 29.6 Å². The van der Waals surface area contributed by atoms with E-state index in [0.717, 1.165) is 17.7 Å². The number of nitrogens with one attached hydrogen (secondary N) is 1. The molecule has 0 aliphatic carbocycles. The van der Waals surface area contributed by atoms with Gasteiger partial charge in [-0.1, -0.05) is 35.0 Å². The number of rotatable bonds is 5. The number of hydrogen-bond donors (Lipinski definition) is 1. The number of carbonyl (C=O) groups is 1. The Labute approximate surface area is 163 Å². The highest BCUT2D eigenvalue weighted by Crippen LogP contribution is 2.23. The minimum absolute atomic E-state index is 0.233. The molecule has 1 aliphatic heterocycles. The number of fused-ring (bicyclic) bond motifs is 1. The van der Waals surface area contributed by atoms with E-state index in [4.69, 9.17) is 4.52 Å². The van der Waals surface area contributed by atoms with E-state index < -0.39 is 16.1 Å². The van der Waals surface area contributed by atoms with E-state index in [9.17, 15) is 13.2 Å². The number of anilines is 1. The molecule has 0 spiro atoms. The van der Waals surface area contributed by atoms with Crippen molar-refractivity contribution < 1.29 is 17.7 Å². The maximum Gasteiger partial charge on any atom is 0.245 e. The summed E-state index contributed by atoms with van der Waals surface area (Å²) in [5, 5.41) is 4.53. The normalized spacial score (nSPS) is 18.0. The minimum atomic E-state index is -3.76. The predicted molar refractivity (Wildman–Crippen MR) is 106 cm³/mol. The fourth-order valence-corrected chi connectivity index (χ4v) is 4.75. The van der Waals surface area contributed by atoms with Crippen LogP contribution in [0, 0.1) is 6.92 Å². The lowest BCUT2D eigenvalue weighted by Crippen LogP contribution is -2.52. The van der Waals surface area contributed by atoms with Crippen LogP contribution in [0.2, 0.25) is 0 Å². The monoisotopic (exact) mass is 399 g/mol. The predicted octanol–water partition coefficient (Wildman–Crippen LogP) is 2.75. The molecule has 4 rings (SSSR count). The fourth-order valence-electron chi connectivity index (χ4n) is 3.45. The van der Waals surface area contributed by atoms with E-state index >= 15 is 0 Å². The Kier molecular flexibility index (Phi) is 4.91. The number of aryl methyl sites for hydroxylation is 1. The molecule has 1 atom stereocenters. The number of amides is 1. The third kappa shape index (κ3) is 3.79. The van der Waals surface area contributed by atoms with Gasteiger partial charge in [0.2, 0.25) is 15.9 Å². The van der Waals surface area contributed by atoms with Crippen molar-refractivity contribution in [3.8, 4) is 0 Å². The van der Waals surface area contributed by atoms with Gasteiger partial charge in [0.05, 0.1) is 0 Å². The molecule has 1 saturated heterocycles. The Morgan fingerprint density at radius 2 is 1.93 bits per heavy atom. The minimum Gasteiger partial charge on any atom is -0.356 e. The summed E-state index contributed by atoms with van der Waals surface area (Å²) in [7, 11) is -3.76. The van der Waals surface area contributed by atoms with Crippen molar-refractivity contribution in [3.05, 3.63) is 59.8 Å². The molecule has 1 aromatic heterocycles. The summed E-state index contributed by atoms with van der Waals surface area (Å²) < 4.78 is 33.1. The van der Waals surface area contributed by atoms with Gasteiger partial charge in [0, 0.05) is 17.6 Å².